The van der Waals surface area contributed by atoms with Gasteiger partial charge in [-0.05, 0) is 24.5 Å². The zero-order valence-electron chi connectivity index (χ0n) is 9.28. The molecular weight excluding hydrogens is 193 g/mol. The molecule has 1 rings (SSSR count). The summed E-state index contributed by atoms with van der Waals surface area (Å²) >= 11 is 0. The molecule has 0 saturated carbocycles. The first-order chi connectivity index (χ1) is 7.11. The lowest BCUT2D eigenvalue weighted by Crippen LogP contribution is -2.04. The molecule has 0 fully saturated rings. The van der Waals surface area contributed by atoms with Crippen LogP contribution in [0.15, 0.2) is 18.3 Å². The molecule has 0 amide bonds. The number of pyridine rings is 1. The number of rotatable bonds is 5. The summed E-state index contributed by atoms with van der Waals surface area (Å²) in [6.45, 7) is 4.27. The number of aliphatic hydroxyl groups is 1. The van der Waals surface area contributed by atoms with Crippen molar-refractivity contribution in [3.63, 3.8) is 0 Å². The molecule has 1 aromatic rings. The van der Waals surface area contributed by atoms with E-state index >= 15 is 0 Å². The zero-order valence-corrected chi connectivity index (χ0v) is 9.28. The number of aliphatic hydroxyl groups excluding tert-OH is 1. The highest BCUT2D eigenvalue weighted by Crippen LogP contribution is 2.20. The number of nitrogens with zero attached hydrogens (tertiary/aromatic N) is 1. The van der Waals surface area contributed by atoms with Crippen molar-refractivity contribution in [2.75, 3.05) is 0 Å². The fourth-order valence-corrected chi connectivity index (χ4v) is 1.50. The molecule has 1 N–H and O–H groups in total. The zero-order chi connectivity index (χ0) is 11.3. The summed E-state index contributed by atoms with van der Waals surface area (Å²) in [5.41, 5.74) is 0.168. The van der Waals surface area contributed by atoms with Gasteiger partial charge in [-0.25, -0.2) is 4.39 Å². The molecule has 0 bridgehead atoms. The maximum Gasteiger partial charge on any atom is 0.147 e. The van der Waals surface area contributed by atoms with Crippen molar-refractivity contribution in [1.29, 1.82) is 0 Å². The molecule has 0 aliphatic heterocycles. The summed E-state index contributed by atoms with van der Waals surface area (Å²) in [5.74, 6) is 0.195. The van der Waals surface area contributed by atoms with Gasteiger partial charge in [0, 0.05) is 6.20 Å². The third-order valence-corrected chi connectivity index (χ3v) is 2.36. The first-order valence-electron chi connectivity index (χ1n) is 5.39. The highest BCUT2D eigenvalue weighted by molar-refractivity contribution is 5.09. The molecule has 1 aromatic heterocycles. The van der Waals surface area contributed by atoms with E-state index in [4.69, 9.17) is 0 Å². The summed E-state index contributed by atoms with van der Waals surface area (Å²) in [7, 11) is 0. The molecule has 2 nitrogen and oxygen atoms in total. The summed E-state index contributed by atoms with van der Waals surface area (Å²) in [6.07, 6.45) is 3.25. The Bertz CT molecular complexity index is 301. The van der Waals surface area contributed by atoms with Gasteiger partial charge in [-0.15, -0.1) is 0 Å². The lowest BCUT2D eigenvalue weighted by atomic mass is 10.0. The van der Waals surface area contributed by atoms with Gasteiger partial charge >= 0.3 is 0 Å². The van der Waals surface area contributed by atoms with Crippen LogP contribution in [0.5, 0.6) is 0 Å². The smallest absolute Gasteiger partial charge is 0.147 e. The van der Waals surface area contributed by atoms with Crippen molar-refractivity contribution in [3.05, 3.63) is 29.8 Å². The van der Waals surface area contributed by atoms with E-state index in [1.807, 2.05) is 0 Å². The molecule has 1 heterocycles. The fourth-order valence-electron chi connectivity index (χ4n) is 1.50. The summed E-state index contributed by atoms with van der Waals surface area (Å²) in [4.78, 5) is 3.85. The standard InChI is InChI=1S/C12H18FNO/c1-9(2)5-3-7-11(15)12-10(13)6-4-8-14-12/h4,6,8-9,11,15H,3,5,7H2,1-2H3. The number of aromatic nitrogens is 1. The Hall–Kier alpha value is -0.960. The van der Waals surface area contributed by atoms with E-state index in [-0.39, 0.29) is 5.69 Å². The van der Waals surface area contributed by atoms with E-state index in [1.54, 1.807) is 0 Å². The summed E-state index contributed by atoms with van der Waals surface area (Å²) in [6, 6.07) is 2.85. The van der Waals surface area contributed by atoms with Crippen LogP contribution in [0.1, 0.15) is 44.9 Å². The summed E-state index contributed by atoms with van der Waals surface area (Å²) in [5, 5.41) is 9.71. The average molecular weight is 211 g/mol. The van der Waals surface area contributed by atoms with Crippen molar-refractivity contribution in [2.24, 2.45) is 5.92 Å². The average Bonchev–Trinajstić information content (AvgIpc) is 2.17. The molecule has 0 aliphatic rings. The Labute approximate surface area is 90.2 Å². The molecule has 0 radical (unpaired) electrons. The van der Waals surface area contributed by atoms with E-state index < -0.39 is 11.9 Å². The van der Waals surface area contributed by atoms with Gasteiger partial charge in [-0.3, -0.25) is 4.98 Å². The first kappa shape index (κ1) is 12.1. The maximum absolute atomic E-state index is 13.2. The third-order valence-electron chi connectivity index (χ3n) is 2.36. The number of hydrogen-bond acceptors (Lipinski definition) is 2. The Morgan fingerprint density at radius 1 is 1.40 bits per heavy atom. The van der Waals surface area contributed by atoms with Gasteiger partial charge in [0.05, 0.1) is 6.10 Å². The van der Waals surface area contributed by atoms with Gasteiger partial charge in [-0.2, -0.15) is 0 Å². The van der Waals surface area contributed by atoms with Crippen LogP contribution >= 0.6 is 0 Å². The quantitative estimate of drug-likeness (QED) is 0.811. The Kier molecular flexibility index (Phi) is 4.69. The normalized spacial score (nSPS) is 13.1. The van der Waals surface area contributed by atoms with Crippen molar-refractivity contribution in [1.82, 2.24) is 4.98 Å². The Morgan fingerprint density at radius 3 is 2.73 bits per heavy atom. The molecular formula is C12H18FNO. The fraction of sp³-hybridized carbons (Fsp3) is 0.583. The van der Waals surface area contributed by atoms with E-state index in [0.717, 1.165) is 12.8 Å². The molecule has 84 valence electrons. The minimum Gasteiger partial charge on any atom is -0.387 e. The van der Waals surface area contributed by atoms with Gasteiger partial charge in [0.15, 0.2) is 0 Å². The van der Waals surface area contributed by atoms with Crippen molar-refractivity contribution in [3.8, 4) is 0 Å². The molecule has 0 aromatic carbocycles. The van der Waals surface area contributed by atoms with Crippen molar-refractivity contribution in [2.45, 2.75) is 39.2 Å². The van der Waals surface area contributed by atoms with Gasteiger partial charge in [0.2, 0.25) is 0 Å². The van der Waals surface area contributed by atoms with Gasteiger partial charge in [-0.1, -0.05) is 26.7 Å². The van der Waals surface area contributed by atoms with E-state index in [0.29, 0.717) is 12.3 Å². The second kappa shape index (κ2) is 5.81. The molecule has 1 unspecified atom stereocenters. The van der Waals surface area contributed by atoms with Crippen LogP contribution in [-0.2, 0) is 0 Å². The SMILES string of the molecule is CC(C)CCCC(O)c1ncccc1F. The topological polar surface area (TPSA) is 33.1 Å². The molecule has 1 atom stereocenters. The molecule has 0 aliphatic carbocycles. The molecule has 3 heteroatoms. The van der Waals surface area contributed by atoms with Crippen molar-refractivity contribution < 1.29 is 9.50 Å². The predicted molar refractivity (Wildman–Crippen MR) is 57.8 cm³/mol. The minimum atomic E-state index is -0.773. The van der Waals surface area contributed by atoms with Crippen LogP contribution in [0, 0.1) is 11.7 Å². The van der Waals surface area contributed by atoms with E-state index in [9.17, 15) is 9.50 Å². The first-order valence-corrected chi connectivity index (χ1v) is 5.39. The lowest BCUT2D eigenvalue weighted by Gasteiger charge is -2.11. The monoisotopic (exact) mass is 211 g/mol. The maximum atomic E-state index is 13.2. The Balaban J connectivity index is 2.47. The van der Waals surface area contributed by atoms with Crippen LogP contribution in [0.2, 0.25) is 0 Å². The second-order valence-electron chi connectivity index (χ2n) is 4.21. The summed E-state index contributed by atoms with van der Waals surface area (Å²) < 4.78 is 13.2. The van der Waals surface area contributed by atoms with Gasteiger partial charge < -0.3 is 5.11 Å². The highest BCUT2D eigenvalue weighted by Gasteiger charge is 2.13. The van der Waals surface area contributed by atoms with Crippen LogP contribution in [0.3, 0.4) is 0 Å². The van der Waals surface area contributed by atoms with Crippen LogP contribution in [0.4, 0.5) is 4.39 Å². The largest absolute Gasteiger partial charge is 0.387 e. The van der Waals surface area contributed by atoms with Crippen LogP contribution in [0.25, 0.3) is 0 Å². The third kappa shape index (κ3) is 3.96. The molecule has 0 spiro atoms. The van der Waals surface area contributed by atoms with Crippen LogP contribution in [-0.4, -0.2) is 10.1 Å². The number of hydrogen-bond donors (Lipinski definition) is 1. The Morgan fingerprint density at radius 2 is 2.13 bits per heavy atom. The van der Waals surface area contributed by atoms with Crippen LogP contribution < -0.4 is 0 Å². The van der Waals surface area contributed by atoms with Gasteiger partial charge in [0.1, 0.15) is 11.5 Å². The van der Waals surface area contributed by atoms with E-state index in [2.05, 4.69) is 18.8 Å². The van der Waals surface area contributed by atoms with E-state index in [1.165, 1.54) is 18.3 Å². The highest BCUT2D eigenvalue weighted by atomic mass is 19.1. The van der Waals surface area contributed by atoms with Crippen molar-refractivity contribution >= 4 is 0 Å². The molecule has 0 saturated heterocycles. The molecule has 15 heavy (non-hydrogen) atoms. The van der Waals surface area contributed by atoms with Gasteiger partial charge in [0.25, 0.3) is 0 Å². The lowest BCUT2D eigenvalue weighted by molar-refractivity contribution is 0.152. The predicted octanol–water partition coefficient (Wildman–Crippen LogP) is 3.08. The minimum absolute atomic E-state index is 0.168. The second-order valence-corrected chi connectivity index (χ2v) is 4.21. The number of halogens is 1.